The highest BCUT2D eigenvalue weighted by atomic mass is 15.1. The minimum Gasteiger partial charge on any atom is -0.378 e. The van der Waals surface area contributed by atoms with Crippen molar-refractivity contribution in [2.45, 2.75) is 6.92 Å². The van der Waals surface area contributed by atoms with Crippen LogP contribution in [0.1, 0.15) is 12.5 Å². The molecule has 0 fully saturated rings. The van der Waals surface area contributed by atoms with Gasteiger partial charge in [-0.15, -0.1) is 0 Å². The molecular weight excluding hydrogens is 232 g/mol. The Morgan fingerprint density at radius 2 is 1.53 bits per heavy atom. The summed E-state index contributed by atoms with van der Waals surface area (Å²) >= 11 is 0. The second-order valence-electron chi connectivity index (χ2n) is 5.21. The Labute approximate surface area is 115 Å². The molecule has 0 aliphatic heterocycles. The minimum absolute atomic E-state index is 1.24. The van der Waals surface area contributed by atoms with E-state index < -0.39 is 0 Å². The quantitative estimate of drug-likeness (QED) is 0.821. The van der Waals surface area contributed by atoms with Crippen molar-refractivity contribution in [2.75, 3.05) is 33.1 Å². The molecule has 0 spiro atoms. The first-order valence-electron chi connectivity index (χ1n) is 6.58. The van der Waals surface area contributed by atoms with Crippen LogP contribution in [0.5, 0.6) is 0 Å². The predicted molar refractivity (Wildman–Crippen MR) is 85.6 cm³/mol. The second kappa shape index (κ2) is 5.35. The highest BCUT2D eigenvalue weighted by Crippen LogP contribution is 2.25. The van der Waals surface area contributed by atoms with Gasteiger partial charge in [-0.25, -0.2) is 0 Å². The Morgan fingerprint density at radius 1 is 0.895 bits per heavy atom. The van der Waals surface area contributed by atoms with Crippen LogP contribution in [0, 0.1) is 0 Å². The molecule has 0 radical (unpaired) electrons. The highest BCUT2D eigenvalue weighted by molar-refractivity contribution is 5.88. The van der Waals surface area contributed by atoms with Crippen molar-refractivity contribution < 1.29 is 0 Å². The molecule has 0 N–H and O–H groups in total. The minimum atomic E-state index is 1.24. The molecule has 2 nitrogen and oxygen atoms in total. The van der Waals surface area contributed by atoms with E-state index >= 15 is 0 Å². The Bertz CT molecular complexity index is 610. The molecular formula is C17H22N2. The largest absolute Gasteiger partial charge is 0.378 e. The SMILES string of the molecule is C/C=C(/c1ccc2cc(N(C)C)ccc2c1)N(C)C. The molecule has 2 heteroatoms. The number of benzene rings is 2. The van der Waals surface area contributed by atoms with E-state index in [9.17, 15) is 0 Å². The van der Waals surface area contributed by atoms with Crippen LogP contribution >= 0.6 is 0 Å². The fraction of sp³-hybridized carbons (Fsp3) is 0.294. The van der Waals surface area contributed by atoms with Gasteiger partial charge in [0.05, 0.1) is 0 Å². The van der Waals surface area contributed by atoms with E-state index in [0.29, 0.717) is 0 Å². The van der Waals surface area contributed by atoms with E-state index in [2.05, 4.69) is 87.4 Å². The number of fused-ring (bicyclic) bond motifs is 1. The first kappa shape index (κ1) is 13.5. The molecule has 0 aromatic heterocycles. The zero-order valence-corrected chi connectivity index (χ0v) is 12.4. The molecule has 0 bridgehead atoms. The van der Waals surface area contributed by atoms with Crippen LogP contribution in [0.25, 0.3) is 16.5 Å². The monoisotopic (exact) mass is 254 g/mol. The summed E-state index contributed by atoms with van der Waals surface area (Å²) in [6.45, 7) is 2.08. The molecule has 0 amide bonds. The van der Waals surface area contributed by atoms with Crippen molar-refractivity contribution in [2.24, 2.45) is 0 Å². The van der Waals surface area contributed by atoms with E-state index in [1.807, 2.05) is 0 Å². The van der Waals surface area contributed by atoms with Crippen LogP contribution in [0.2, 0.25) is 0 Å². The predicted octanol–water partition coefficient (Wildman–Crippen LogP) is 3.83. The van der Waals surface area contributed by atoms with Crippen molar-refractivity contribution >= 4 is 22.2 Å². The van der Waals surface area contributed by atoms with Gasteiger partial charge in [-0.05, 0) is 41.5 Å². The molecule has 0 unspecified atom stereocenters. The van der Waals surface area contributed by atoms with E-state index in [4.69, 9.17) is 0 Å². The van der Waals surface area contributed by atoms with Gasteiger partial charge in [-0.1, -0.05) is 24.3 Å². The van der Waals surface area contributed by atoms with Crippen molar-refractivity contribution in [3.05, 3.63) is 48.0 Å². The smallest absolute Gasteiger partial charge is 0.0391 e. The Balaban J connectivity index is 2.50. The maximum atomic E-state index is 2.25. The van der Waals surface area contributed by atoms with Crippen molar-refractivity contribution in [1.29, 1.82) is 0 Å². The number of anilines is 1. The van der Waals surface area contributed by atoms with Crippen LogP contribution in [0.4, 0.5) is 5.69 Å². The molecule has 0 aliphatic carbocycles. The summed E-state index contributed by atoms with van der Waals surface area (Å²) in [5.41, 5.74) is 3.75. The van der Waals surface area contributed by atoms with E-state index in [0.717, 1.165) is 0 Å². The van der Waals surface area contributed by atoms with Crippen LogP contribution in [-0.4, -0.2) is 33.1 Å². The Kier molecular flexibility index (Phi) is 3.79. The van der Waals surface area contributed by atoms with E-state index in [1.54, 1.807) is 0 Å². The zero-order valence-electron chi connectivity index (χ0n) is 12.4. The fourth-order valence-corrected chi connectivity index (χ4v) is 2.35. The number of hydrogen-bond donors (Lipinski definition) is 0. The summed E-state index contributed by atoms with van der Waals surface area (Å²) in [5, 5.41) is 2.56. The summed E-state index contributed by atoms with van der Waals surface area (Å²) in [4.78, 5) is 4.28. The van der Waals surface area contributed by atoms with E-state index in [-0.39, 0.29) is 0 Å². The number of allylic oxidation sites excluding steroid dienone is 1. The van der Waals surface area contributed by atoms with Crippen molar-refractivity contribution in [3.63, 3.8) is 0 Å². The topological polar surface area (TPSA) is 6.48 Å². The third kappa shape index (κ3) is 2.73. The molecule has 2 aromatic carbocycles. The molecule has 0 aliphatic rings. The summed E-state index contributed by atoms with van der Waals surface area (Å²) in [6, 6.07) is 13.2. The lowest BCUT2D eigenvalue weighted by Crippen LogP contribution is -2.09. The second-order valence-corrected chi connectivity index (χ2v) is 5.21. The van der Waals surface area contributed by atoms with Gasteiger partial charge >= 0.3 is 0 Å². The Hall–Kier alpha value is -1.96. The lowest BCUT2D eigenvalue weighted by Gasteiger charge is -2.18. The standard InChI is InChI=1S/C17H22N2/c1-6-17(19(4)5)15-8-7-14-12-16(18(2)3)10-9-13(14)11-15/h6-12H,1-5H3/b17-6-. The third-order valence-corrected chi connectivity index (χ3v) is 3.39. The number of hydrogen-bond acceptors (Lipinski definition) is 2. The van der Waals surface area contributed by atoms with Gasteiger partial charge in [0.2, 0.25) is 0 Å². The lowest BCUT2D eigenvalue weighted by atomic mass is 10.0. The normalized spacial score (nSPS) is 11.7. The first-order chi connectivity index (χ1) is 9.02. The number of nitrogens with zero attached hydrogens (tertiary/aromatic N) is 2. The van der Waals surface area contributed by atoms with Crippen molar-refractivity contribution in [3.8, 4) is 0 Å². The van der Waals surface area contributed by atoms with Crippen LogP contribution in [0.3, 0.4) is 0 Å². The van der Waals surface area contributed by atoms with Gasteiger partial charge in [0.1, 0.15) is 0 Å². The summed E-state index contributed by atoms with van der Waals surface area (Å²) in [6.07, 6.45) is 2.15. The average Bonchev–Trinajstić information content (AvgIpc) is 2.38. The van der Waals surface area contributed by atoms with Gasteiger partial charge < -0.3 is 9.80 Å². The average molecular weight is 254 g/mol. The van der Waals surface area contributed by atoms with Crippen LogP contribution in [-0.2, 0) is 0 Å². The maximum Gasteiger partial charge on any atom is 0.0391 e. The molecule has 0 saturated heterocycles. The summed E-state index contributed by atoms with van der Waals surface area (Å²) < 4.78 is 0. The van der Waals surface area contributed by atoms with Crippen LogP contribution in [0.15, 0.2) is 42.5 Å². The maximum absolute atomic E-state index is 2.25. The summed E-state index contributed by atoms with van der Waals surface area (Å²) in [7, 11) is 8.29. The fourth-order valence-electron chi connectivity index (χ4n) is 2.35. The molecule has 2 rings (SSSR count). The summed E-state index contributed by atoms with van der Waals surface area (Å²) in [5.74, 6) is 0. The van der Waals surface area contributed by atoms with Gasteiger partial charge in [-0.2, -0.15) is 0 Å². The van der Waals surface area contributed by atoms with Gasteiger partial charge in [0.25, 0.3) is 0 Å². The van der Waals surface area contributed by atoms with E-state index in [1.165, 1.54) is 27.7 Å². The van der Waals surface area contributed by atoms with Crippen LogP contribution < -0.4 is 4.90 Å². The molecule has 2 aromatic rings. The van der Waals surface area contributed by atoms with Crippen molar-refractivity contribution in [1.82, 2.24) is 4.90 Å². The van der Waals surface area contributed by atoms with Gasteiger partial charge in [0.15, 0.2) is 0 Å². The molecule has 0 saturated carbocycles. The zero-order chi connectivity index (χ0) is 14.0. The first-order valence-corrected chi connectivity index (χ1v) is 6.58. The highest BCUT2D eigenvalue weighted by Gasteiger charge is 2.05. The molecule has 0 atom stereocenters. The molecule has 100 valence electrons. The molecule has 19 heavy (non-hydrogen) atoms. The molecule has 0 heterocycles. The number of rotatable bonds is 3. The lowest BCUT2D eigenvalue weighted by molar-refractivity contribution is 0.591. The third-order valence-electron chi connectivity index (χ3n) is 3.39. The van der Waals surface area contributed by atoms with Gasteiger partial charge in [-0.3, -0.25) is 0 Å². The Morgan fingerprint density at radius 3 is 2.11 bits per heavy atom. The van der Waals surface area contributed by atoms with Gasteiger partial charge in [0, 0.05) is 39.6 Å².